The SMILES string of the molecule is COC(=O)CNC(=O)C1=CCCO1. The number of ether oxygens (including phenoxy) is 2. The maximum atomic E-state index is 11.2. The van der Waals surface area contributed by atoms with E-state index < -0.39 is 5.97 Å². The van der Waals surface area contributed by atoms with E-state index >= 15 is 0 Å². The first kappa shape index (κ1) is 9.57. The van der Waals surface area contributed by atoms with E-state index in [9.17, 15) is 9.59 Å². The molecule has 1 amide bonds. The quantitative estimate of drug-likeness (QED) is 0.606. The Balaban J connectivity index is 2.29. The van der Waals surface area contributed by atoms with Crippen LogP contribution >= 0.6 is 0 Å². The molecule has 0 aromatic carbocycles. The van der Waals surface area contributed by atoms with Crippen molar-refractivity contribution in [3.63, 3.8) is 0 Å². The molecule has 5 nitrogen and oxygen atoms in total. The molecule has 0 aliphatic carbocycles. The molecule has 0 atom stereocenters. The molecule has 0 aromatic heterocycles. The highest BCUT2D eigenvalue weighted by Crippen LogP contribution is 2.08. The Morgan fingerprint density at radius 2 is 2.46 bits per heavy atom. The summed E-state index contributed by atoms with van der Waals surface area (Å²) in [5.41, 5.74) is 0. The van der Waals surface area contributed by atoms with Crippen LogP contribution < -0.4 is 5.32 Å². The van der Waals surface area contributed by atoms with Gasteiger partial charge in [-0.2, -0.15) is 0 Å². The van der Waals surface area contributed by atoms with Crippen LogP contribution in [0.1, 0.15) is 6.42 Å². The molecule has 1 aliphatic rings. The van der Waals surface area contributed by atoms with Crippen molar-refractivity contribution in [1.29, 1.82) is 0 Å². The Kier molecular flexibility index (Phi) is 3.31. The number of esters is 1. The molecule has 0 fully saturated rings. The Hall–Kier alpha value is -1.52. The van der Waals surface area contributed by atoms with Crippen LogP contribution in [0.3, 0.4) is 0 Å². The van der Waals surface area contributed by atoms with Gasteiger partial charge in [0.1, 0.15) is 6.54 Å². The van der Waals surface area contributed by atoms with Crippen molar-refractivity contribution in [2.45, 2.75) is 6.42 Å². The Bertz CT molecular complexity index is 247. The summed E-state index contributed by atoms with van der Waals surface area (Å²) in [6, 6.07) is 0. The minimum atomic E-state index is -0.480. The molecule has 1 aliphatic heterocycles. The Morgan fingerprint density at radius 3 is 3.00 bits per heavy atom. The van der Waals surface area contributed by atoms with Gasteiger partial charge >= 0.3 is 5.97 Å². The lowest BCUT2D eigenvalue weighted by Crippen LogP contribution is -2.31. The minimum absolute atomic E-state index is 0.129. The van der Waals surface area contributed by atoms with Crippen LogP contribution in [0.4, 0.5) is 0 Å². The van der Waals surface area contributed by atoms with Gasteiger partial charge in [0.25, 0.3) is 5.91 Å². The van der Waals surface area contributed by atoms with Crippen molar-refractivity contribution in [2.24, 2.45) is 0 Å². The monoisotopic (exact) mass is 185 g/mol. The first-order valence-corrected chi connectivity index (χ1v) is 3.92. The number of hydrogen-bond donors (Lipinski definition) is 1. The molecule has 0 saturated heterocycles. The first-order valence-electron chi connectivity index (χ1n) is 3.92. The molecular formula is C8H11NO4. The van der Waals surface area contributed by atoms with Gasteiger partial charge in [0.05, 0.1) is 13.7 Å². The fourth-order valence-electron chi connectivity index (χ4n) is 0.888. The largest absolute Gasteiger partial charge is 0.488 e. The highest BCUT2D eigenvalue weighted by Gasteiger charge is 2.15. The lowest BCUT2D eigenvalue weighted by molar-refractivity contribution is -0.141. The van der Waals surface area contributed by atoms with E-state index in [1.807, 2.05) is 0 Å². The molecule has 1 rings (SSSR count). The predicted molar refractivity (Wildman–Crippen MR) is 43.7 cm³/mol. The summed E-state index contributed by atoms with van der Waals surface area (Å²) >= 11 is 0. The second kappa shape index (κ2) is 4.49. The zero-order chi connectivity index (χ0) is 9.68. The third-order valence-corrected chi connectivity index (χ3v) is 1.55. The standard InChI is InChI=1S/C8H11NO4/c1-12-7(10)5-9-8(11)6-3-2-4-13-6/h3H,2,4-5H2,1H3,(H,9,11). The molecule has 13 heavy (non-hydrogen) atoms. The fraction of sp³-hybridized carbons (Fsp3) is 0.500. The van der Waals surface area contributed by atoms with Gasteiger partial charge in [-0.1, -0.05) is 0 Å². The number of hydrogen-bond acceptors (Lipinski definition) is 4. The number of methoxy groups -OCH3 is 1. The molecule has 1 heterocycles. The number of carbonyl (C=O) groups excluding carboxylic acids is 2. The van der Waals surface area contributed by atoms with Gasteiger partial charge in [-0.05, 0) is 6.08 Å². The number of rotatable bonds is 3. The van der Waals surface area contributed by atoms with Gasteiger partial charge in [-0.15, -0.1) is 0 Å². The molecular weight excluding hydrogens is 174 g/mol. The Morgan fingerprint density at radius 1 is 1.69 bits per heavy atom. The van der Waals surface area contributed by atoms with E-state index in [0.29, 0.717) is 6.61 Å². The smallest absolute Gasteiger partial charge is 0.325 e. The molecule has 0 aromatic rings. The molecule has 1 N–H and O–H groups in total. The third kappa shape index (κ3) is 2.77. The van der Waals surface area contributed by atoms with Gasteiger partial charge < -0.3 is 14.8 Å². The van der Waals surface area contributed by atoms with Crippen LogP contribution in [0.25, 0.3) is 0 Å². The lowest BCUT2D eigenvalue weighted by atomic mass is 10.4. The zero-order valence-electron chi connectivity index (χ0n) is 7.33. The summed E-state index contributed by atoms with van der Waals surface area (Å²) in [5.74, 6) is -0.571. The van der Waals surface area contributed by atoms with E-state index in [2.05, 4.69) is 10.1 Å². The first-order chi connectivity index (χ1) is 6.24. The fourth-order valence-corrected chi connectivity index (χ4v) is 0.888. The van der Waals surface area contributed by atoms with Crippen molar-refractivity contribution in [1.82, 2.24) is 5.32 Å². The maximum Gasteiger partial charge on any atom is 0.325 e. The molecule has 0 saturated carbocycles. The molecule has 0 unspecified atom stereocenters. The minimum Gasteiger partial charge on any atom is -0.488 e. The topological polar surface area (TPSA) is 64.6 Å². The second-order valence-electron chi connectivity index (χ2n) is 2.46. The van der Waals surface area contributed by atoms with Gasteiger partial charge in [-0.25, -0.2) is 0 Å². The van der Waals surface area contributed by atoms with Crippen LogP contribution in [0.5, 0.6) is 0 Å². The highest BCUT2D eigenvalue weighted by atomic mass is 16.5. The van der Waals surface area contributed by atoms with Crippen molar-refractivity contribution in [3.05, 3.63) is 11.8 Å². The molecule has 5 heteroatoms. The summed E-state index contributed by atoms with van der Waals surface area (Å²) in [5, 5.41) is 2.37. The highest BCUT2D eigenvalue weighted by molar-refractivity contribution is 5.93. The van der Waals surface area contributed by atoms with E-state index in [1.165, 1.54) is 7.11 Å². The van der Waals surface area contributed by atoms with E-state index in [1.54, 1.807) is 6.08 Å². The van der Waals surface area contributed by atoms with Crippen LogP contribution in [-0.2, 0) is 19.1 Å². The lowest BCUT2D eigenvalue weighted by Gasteiger charge is -2.04. The van der Waals surface area contributed by atoms with Crippen LogP contribution in [0.2, 0.25) is 0 Å². The van der Waals surface area contributed by atoms with Gasteiger partial charge in [0.15, 0.2) is 5.76 Å². The summed E-state index contributed by atoms with van der Waals surface area (Å²) < 4.78 is 9.33. The maximum absolute atomic E-state index is 11.2. The van der Waals surface area contributed by atoms with Crippen molar-refractivity contribution < 1.29 is 19.1 Å². The van der Waals surface area contributed by atoms with Crippen LogP contribution in [0, 0.1) is 0 Å². The number of nitrogens with one attached hydrogen (secondary N) is 1. The summed E-state index contributed by atoms with van der Waals surface area (Å²) in [6.45, 7) is 0.400. The van der Waals surface area contributed by atoms with Gasteiger partial charge in [0, 0.05) is 6.42 Å². The number of carbonyl (C=O) groups is 2. The molecule has 0 spiro atoms. The number of amides is 1. The predicted octanol–water partition coefficient (Wildman–Crippen LogP) is -0.420. The van der Waals surface area contributed by atoms with Gasteiger partial charge in [0.2, 0.25) is 0 Å². The van der Waals surface area contributed by atoms with E-state index in [-0.39, 0.29) is 18.2 Å². The molecule has 0 bridgehead atoms. The molecule has 0 radical (unpaired) electrons. The third-order valence-electron chi connectivity index (χ3n) is 1.55. The Labute approximate surface area is 75.7 Å². The average molecular weight is 185 g/mol. The summed E-state index contributed by atoms with van der Waals surface area (Å²) in [7, 11) is 1.26. The van der Waals surface area contributed by atoms with Crippen molar-refractivity contribution in [2.75, 3.05) is 20.3 Å². The van der Waals surface area contributed by atoms with Crippen molar-refractivity contribution in [3.8, 4) is 0 Å². The normalized spacial score (nSPS) is 14.4. The molecule has 72 valence electrons. The van der Waals surface area contributed by atoms with Crippen LogP contribution in [0.15, 0.2) is 11.8 Å². The van der Waals surface area contributed by atoms with E-state index in [4.69, 9.17) is 4.74 Å². The average Bonchev–Trinajstić information content (AvgIpc) is 2.66. The van der Waals surface area contributed by atoms with Crippen molar-refractivity contribution >= 4 is 11.9 Å². The second-order valence-corrected chi connectivity index (χ2v) is 2.46. The summed E-state index contributed by atoms with van der Waals surface area (Å²) in [6.07, 6.45) is 2.42. The van der Waals surface area contributed by atoms with Gasteiger partial charge in [-0.3, -0.25) is 9.59 Å². The summed E-state index contributed by atoms with van der Waals surface area (Å²) in [4.78, 5) is 21.8. The van der Waals surface area contributed by atoms with E-state index in [0.717, 1.165) is 6.42 Å². The zero-order valence-corrected chi connectivity index (χ0v) is 7.33. The van der Waals surface area contributed by atoms with Crippen LogP contribution in [-0.4, -0.2) is 32.1 Å².